The molecular formula is C27H28. The third-order valence-corrected chi connectivity index (χ3v) is 6.79. The molecule has 2 aliphatic carbocycles. The van der Waals surface area contributed by atoms with Crippen LogP contribution < -0.4 is 0 Å². The molecule has 0 heterocycles. The molecule has 2 atom stereocenters. The van der Waals surface area contributed by atoms with Crippen molar-refractivity contribution in [3.8, 4) is 0 Å². The lowest BCUT2D eigenvalue weighted by Crippen LogP contribution is -2.04. The average Bonchev–Trinajstić information content (AvgIpc) is 3.51. The first-order chi connectivity index (χ1) is 13.4. The van der Waals surface area contributed by atoms with Crippen LogP contribution in [-0.4, -0.2) is 0 Å². The van der Waals surface area contributed by atoms with Crippen molar-refractivity contribution in [3.63, 3.8) is 0 Å². The van der Waals surface area contributed by atoms with Crippen LogP contribution in [0.15, 0.2) is 84.9 Å². The SMILES string of the molecule is c1ccc(C2C(c3ccccc3)C2c2ccc(C3CCCCC3)cc2)cc1. The van der Waals surface area contributed by atoms with Crippen LogP contribution in [0.3, 0.4) is 0 Å². The molecule has 0 saturated heterocycles. The van der Waals surface area contributed by atoms with E-state index in [2.05, 4.69) is 84.9 Å². The molecule has 0 heteroatoms. The molecule has 2 unspecified atom stereocenters. The van der Waals surface area contributed by atoms with Gasteiger partial charge in [0.1, 0.15) is 0 Å². The Morgan fingerprint density at radius 3 is 1.30 bits per heavy atom. The lowest BCUT2D eigenvalue weighted by atomic mass is 9.83. The quantitative estimate of drug-likeness (QED) is 0.459. The van der Waals surface area contributed by atoms with Crippen molar-refractivity contribution >= 4 is 0 Å². The van der Waals surface area contributed by atoms with Crippen molar-refractivity contribution in [1.29, 1.82) is 0 Å². The topological polar surface area (TPSA) is 0 Å². The van der Waals surface area contributed by atoms with E-state index in [1.807, 2.05) is 0 Å². The maximum absolute atomic E-state index is 2.42. The fraction of sp³-hybridized carbons (Fsp3) is 0.333. The summed E-state index contributed by atoms with van der Waals surface area (Å²) in [4.78, 5) is 0. The van der Waals surface area contributed by atoms with Crippen molar-refractivity contribution in [2.24, 2.45) is 0 Å². The maximum atomic E-state index is 2.42. The van der Waals surface area contributed by atoms with Gasteiger partial charge in [0.2, 0.25) is 0 Å². The molecule has 3 aromatic rings. The molecule has 0 nitrogen and oxygen atoms in total. The second-order valence-corrected chi connectivity index (χ2v) is 8.40. The zero-order valence-electron chi connectivity index (χ0n) is 15.9. The van der Waals surface area contributed by atoms with E-state index in [1.54, 1.807) is 5.56 Å². The van der Waals surface area contributed by atoms with Gasteiger partial charge in [-0.15, -0.1) is 0 Å². The van der Waals surface area contributed by atoms with Crippen LogP contribution in [0, 0.1) is 0 Å². The average molecular weight is 353 g/mol. The molecule has 2 saturated carbocycles. The van der Waals surface area contributed by atoms with Gasteiger partial charge in [0, 0.05) is 0 Å². The predicted molar refractivity (Wildman–Crippen MR) is 113 cm³/mol. The van der Waals surface area contributed by atoms with Crippen LogP contribution >= 0.6 is 0 Å². The zero-order valence-corrected chi connectivity index (χ0v) is 15.9. The molecular weight excluding hydrogens is 324 g/mol. The van der Waals surface area contributed by atoms with Gasteiger partial charge in [-0.05, 0) is 58.8 Å². The monoisotopic (exact) mass is 352 g/mol. The van der Waals surface area contributed by atoms with Gasteiger partial charge in [0.15, 0.2) is 0 Å². The Morgan fingerprint density at radius 1 is 0.407 bits per heavy atom. The van der Waals surface area contributed by atoms with Gasteiger partial charge in [-0.25, -0.2) is 0 Å². The number of hydrogen-bond donors (Lipinski definition) is 0. The molecule has 3 aromatic carbocycles. The summed E-state index contributed by atoms with van der Waals surface area (Å²) < 4.78 is 0. The molecule has 0 aromatic heterocycles. The fourth-order valence-electron chi connectivity index (χ4n) is 5.33. The summed E-state index contributed by atoms with van der Waals surface area (Å²) in [6.07, 6.45) is 6.99. The Labute approximate surface area is 163 Å². The van der Waals surface area contributed by atoms with E-state index in [9.17, 15) is 0 Å². The Morgan fingerprint density at radius 2 is 0.815 bits per heavy atom. The second-order valence-electron chi connectivity index (χ2n) is 8.40. The van der Waals surface area contributed by atoms with E-state index < -0.39 is 0 Å². The highest BCUT2D eigenvalue weighted by Gasteiger charge is 2.52. The fourth-order valence-corrected chi connectivity index (χ4v) is 5.33. The van der Waals surface area contributed by atoms with Gasteiger partial charge < -0.3 is 0 Å². The summed E-state index contributed by atoms with van der Waals surface area (Å²) >= 11 is 0. The zero-order chi connectivity index (χ0) is 18.1. The number of rotatable bonds is 4. The minimum atomic E-state index is 0.606. The summed E-state index contributed by atoms with van der Waals surface area (Å²) in [5.41, 5.74) is 6.03. The van der Waals surface area contributed by atoms with Gasteiger partial charge in [-0.2, -0.15) is 0 Å². The Bertz CT molecular complexity index is 811. The third-order valence-electron chi connectivity index (χ3n) is 6.79. The number of benzene rings is 3. The molecule has 2 aliphatic rings. The lowest BCUT2D eigenvalue weighted by Gasteiger charge is -2.22. The van der Waals surface area contributed by atoms with Gasteiger partial charge in [0.25, 0.3) is 0 Å². The smallest absolute Gasteiger partial charge is 0.00120 e. The van der Waals surface area contributed by atoms with Crippen LogP contribution in [0.4, 0.5) is 0 Å². The predicted octanol–water partition coefficient (Wildman–Crippen LogP) is 7.40. The first-order valence-corrected chi connectivity index (χ1v) is 10.6. The molecule has 0 N–H and O–H groups in total. The standard InChI is InChI=1S/C27H28/c1-4-10-20(11-5-1)21-16-18-24(19-17-21)27-25(22-12-6-2-7-13-22)26(27)23-14-8-3-9-15-23/h2-3,6-9,12-20,25-27H,1,4-5,10-11H2. The van der Waals surface area contributed by atoms with Crippen LogP contribution in [0.25, 0.3) is 0 Å². The Hall–Kier alpha value is -2.34. The van der Waals surface area contributed by atoms with Crippen molar-refractivity contribution in [1.82, 2.24) is 0 Å². The molecule has 0 bridgehead atoms. The Kier molecular flexibility index (Phi) is 4.57. The molecule has 0 amide bonds. The van der Waals surface area contributed by atoms with E-state index in [0.717, 1.165) is 5.92 Å². The minimum Gasteiger partial charge on any atom is -0.0622 e. The largest absolute Gasteiger partial charge is 0.0622 e. The Balaban J connectivity index is 1.43. The van der Waals surface area contributed by atoms with Crippen molar-refractivity contribution < 1.29 is 0 Å². The van der Waals surface area contributed by atoms with Crippen molar-refractivity contribution in [3.05, 3.63) is 107 Å². The summed E-state index contributed by atoms with van der Waals surface area (Å²) in [5.74, 6) is 2.61. The van der Waals surface area contributed by atoms with Gasteiger partial charge >= 0.3 is 0 Å². The van der Waals surface area contributed by atoms with Crippen LogP contribution in [0.5, 0.6) is 0 Å². The molecule has 27 heavy (non-hydrogen) atoms. The summed E-state index contributed by atoms with van der Waals surface area (Å²) in [5, 5.41) is 0. The highest BCUT2D eigenvalue weighted by atomic mass is 14.5. The highest BCUT2D eigenvalue weighted by Crippen LogP contribution is 2.66. The van der Waals surface area contributed by atoms with Crippen LogP contribution in [0.2, 0.25) is 0 Å². The van der Waals surface area contributed by atoms with Crippen LogP contribution in [0.1, 0.15) is 78.0 Å². The summed E-state index contributed by atoms with van der Waals surface area (Å²) in [6, 6.07) is 31.9. The van der Waals surface area contributed by atoms with Crippen molar-refractivity contribution in [2.45, 2.75) is 55.8 Å². The molecule has 5 rings (SSSR count). The second kappa shape index (κ2) is 7.35. The van der Waals surface area contributed by atoms with E-state index in [0.29, 0.717) is 17.8 Å². The molecule has 0 spiro atoms. The third kappa shape index (κ3) is 3.34. The molecule has 0 aliphatic heterocycles. The first-order valence-electron chi connectivity index (χ1n) is 10.6. The van der Waals surface area contributed by atoms with Gasteiger partial charge in [-0.3, -0.25) is 0 Å². The number of hydrogen-bond acceptors (Lipinski definition) is 0. The summed E-state index contributed by atoms with van der Waals surface area (Å²) in [7, 11) is 0. The summed E-state index contributed by atoms with van der Waals surface area (Å²) in [6.45, 7) is 0. The van der Waals surface area contributed by atoms with Crippen molar-refractivity contribution in [2.75, 3.05) is 0 Å². The molecule has 2 fully saturated rings. The van der Waals surface area contributed by atoms with E-state index in [-0.39, 0.29) is 0 Å². The van der Waals surface area contributed by atoms with Crippen LogP contribution in [-0.2, 0) is 0 Å². The molecule has 0 radical (unpaired) electrons. The first kappa shape index (κ1) is 16.8. The maximum Gasteiger partial charge on any atom is -0.00120 e. The molecule has 136 valence electrons. The van der Waals surface area contributed by atoms with E-state index in [4.69, 9.17) is 0 Å². The lowest BCUT2D eigenvalue weighted by molar-refractivity contribution is 0.443. The van der Waals surface area contributed by atoms with E-state index >= 15 is 0 Å². The minimum absolute atomic E-state index is 0.606. The highest BCUT2D eigenvalue weighted by molar-refractivity contribution is 5.48. The van der Waals surface area contributed by atoms with Gasteiger partial charge in [0.05, 0.1) is 0 Å². The normalized spacial score (nSPS) is 25.3. The van der Waals surface area contributed by atoms with Gasteiger partial charge in [-0.1, -0.05) is 104 Å². The van der Waals surface area contributed by atoms with E-state index in [1.165, 1.54) is 48.8 Å².